The molecular formula is C11H22N2O4. The first-order valence-corrected chi connectivity index (χ1v) is 5.34. The second-order valence-electron chi connectivity index (χ2n) is 5.18. The molecule has 0 aliphatic heterocycles. The lowest BCUT2D eigenvalue weighted by Gasteiger charge is -2.35. The standard InChI is InChI=1S/C11H22N2O4/c1-10(2,12-8(14)16-5)7-11(3,4)13-9(15)17-6/h7H2,1-6H3,(H,12,14)(H,13,15). The van der Waals surface area contributed by atoms with Crippen LogP contribution in [0.15, 0.2) is 0 Å². The molecule has 100 valence electrons. The second kappa shape index (κ2) is 5.75. The van der Waals surface area contributed by atoms with Crippen LogP contribution in [0, 0.1) is 0 Å². The number of ether oxygens (including phenoxy) is 2. The molecule has 2 N–H and O–H groups in total. The van der Waals surface area contributed by atoms with Gasteiger partial charge in [-0.25, -0.2) is 9.59 Å². The highest BCUT2D eigenvalue weighted by Crippen LogP contribution is 2.20. The minimum atomic E-state index is -0.502. The molecule has 17 heavy (non-hydrogen) atoms. The van der Waals surface area contributed by atoms with Gasteiger partial charge in [0.25, 0.3) is 0 Å². The van der Waals surface area contributed by atoms with Gasteiger partial charge in [-0.05, 0) is 34.1 Å². The Kier molecular flexibility index (Phi) is 5.25. The van der Waals surface area contributed by atoms with Crippen molar-refractivity contribution in [3.05, 3.63) is 0 Å². The van der Waals surface area contributed by atoms with Gasteiger partial charge >= 0.3 is 12.2 Å². The van der Waals surface area contributed by atoms with Crippen LogP contribution in [0.5, 0.6) is 0 Å². The third-order valence-electron chi connectivity index (χ3n) is 2.14. The van der Waals surface area contributed by atoms with Gasteiger partial charge < -0.3 is 20.1 Å². The van der Waals surface area contributed by atoms with Gasteiger partial charge in [0, 0.05) is 11.1 Å². The third kappa shape index (κ3) is 6.65. The van der Waals surface area contributed by atoms with Crippen LogP contribution >= 0.6 is 0 Å². The molecule has 0 saturated heterocycles. The Balaban J connectivity index is 4.46. The second-order valence-corrected chi connectivity index (χ2v) is 5.18. The molecule has 0 aromatic rings. The molecule has 0 aromatic carbocycles. The molecule has 0 fully saturated rings. The minimum absolute atomic E-state index is 0.496. The predicted molar refractivity (Wildman–Crippen MR) is 63.9 cm³/mol. The lowest BCUT2D eigenvalue weighted by atomic mass is 9.87. The lowest BCUT2D eigenvalue weighted by Crippen LogP contribution is -2.53. The molecule has 2 amide bonds. The molecule has 0 heterocycles. The molecule has 0 aliphatic carbocycles. The Labute approximate surface area is 102 Å². The Morgan fingerprint density at radius 1 is 0.882 bits per heavy atom. The molecule has 6 nitrogen and oxygen atoms in total. The molecule has 0 rings (SSSR count). The Morgan fingerprint density at radius 3 is 1.41 bits per heavy atom. The summed E-state index contributed by atoms with van der Waals surface area (Å²) < 4.78 is 9.08. The third-order valence-corrected chi connectivity index (χ3v) is 2.14. The highest BCUT2D eigenvalue weighted by atomic mass is 16.5. The summed E-state index contributed by atoms with van der Waals surface area (Å²) in [6.45, 7) is 7.41. The average Bonchev–Trinajstić information content (AvgIpc) is 2.13. The van der Waals surface area contributed by atoms with E-state index in [-0.39, 0.29) is 0 Å². The molecule has 0 spiro atoms. The van der Waals surface area contributed by atoms with Gasteiger partial charge in [-0.1, -0.05) is 0 Å². The van der Waals surface area contributed by atoms with E-state index in [9.17, 15) is 9.59 Å². The summed E-state index contributed by atoms with van der Waals surface area (Å²) in [5.41, 5.74) is -1.00. The normalized spacial score (nSPS) is 11.6. The van der Waals surface area contributed by atoms with E-state index in [2.05, 4.69) is 20.1 Å². The highest BCUT2D eigenvalue weighted by molar-refractivity contribution is 5.69. The first-order chi connectivity index (χ1) is 7.62. The Hall–Kier alpha value is -1.46. The van der Waals surface area contributed by atoms with E-state index < -0.39 is 23.3 Å². The van der Waals surface area contributed by atoms with Crippen LogP contribution in [0.3, 0.4) is 0 Å². The zero-order valence-corrected chi connectivity index (χ0v) is 11.3. The summed E-state index contributed by atoms with van der Waals surface area (Å²) in [5.74, 6) is 0. The largest absolute Gasteiger partial charge is 0.453 e. The summed E-state index contributed by atoms with van der Waals surface area (Å²) >= 11 is 0. The fourth-order valence-electron chi connectivity index (χ4n) is 1.85. The first-order valence-electron chi connectivity index (χ1n) is 5.34. The van der Waals surface area contributed by atoms with Crippen molar-refractivity contribution >= 4 is 12.2 Å². The van der Waals surface area contributed by atoms with Gasteiger partial charge in [0.05, 0.1) is 14.2 Å². The number of nitrogens with one attached hydrogen (secondary N) is 2. The van der Waals surface area contributed by atoms with E-state index in [0.717, 1.165) is 0 Å². The maximum atomic E-state index is 11.1. The smallest absolute Gasteiger partial charge is 0.407 e. The number of carbonyl (C=O) groups excluding carboxylic acids is 2. The molecule has 0 radical (unpaired) electrons. The van der Waals surface area contributed by atoms with Gasteiger partial charge in [-0.2, -0.15) is 0 Å². The average molecular weight is 246 g/mol. The SMILES string of the molecule is COC(=O)NC(C)(C)CC(C)(C)NC(=O)OC. The molecule has 0 atom stereocenters. The van der Waals surface area contributed by atoms with Crippen molar-refractivity contribution in [2.75, 3.05) is 14.2 Å². The summed E-state index contributed by atoms with van der Waals surface area (Å²) in [6.07, 6.45) is -0.461. The van der Waals surface area contributed by atoms with Crippen molar-refractivity contribution in [2.24, 2.45) is 0 Å². The fourth-order valence-corrected chi connectivity index (χ4v) is 1.85. The van der Waals surface area contributed by atoms with Crippen molar-refractivity contribution in [1.29, 1.82) is 0 Å². The van der Waals surface area contributed by atoms with Crippen LogP contribution < -0.4 is 10.6 Å². The van der Waals surface area contributed by atoms with Crippen molar-refractivity contribution in [2.45, 2.75) is 45.2 Å². The van der Waals surface area contributed by atoms with E-state index in [1.165, 1.54) is 14.2 Å². The fraction of sp³-hybridized carbons (Fsp3) is 0.818. The maximum absolute atomic E-state index is 11.1. The van der Waals surface area contributed by atoms with E-state index in [0.29, 0.717) is 6.42 Å². The number of hydrogen-bond acceptors (Lipinski definition) is 4. The van der Waals surface area contributed by atoms with Crippen molar-refractivity contribution in [1.82, 2.24) is 10.6 Å². The highest BCUT2D eigenvalue weighted by Gasteiger charge is 2.31. The molecule has 6 heteroatoms. The molecule has 0 aliphatic rings. The molecular weight excluding hydrogens is 224 g/mol. The van der Waals surface area contributed by atoms with Crippen LogP contribution in [0.2, 0.25) is 0 Å². The topological polar surface area (TPSA) is 76.7 Å². The molecule has 0 unspecified atom stereocenters. The summed E-state index contributed by atoms with van der Waals surface area (Å²) in [5, 5.41) is 5.40. The van der Waals surface area contributed by atoms with Crippen LogP contribution in [0.1, 0.15) is 34.1 Å². The van der Waals surface area contributed by atoms with Gasteiger partial charge in [0.1, 0.15) is 0 Å². The number of rotatable bonds is 4. The number of amides is 2. The van der Waals surface area contributed by atoms with Crippen molar-refractivity contribution in [3.63, 3.8) is 0 Å². The van der Waals surface area contributed by atoms with Crippen LogP contribution in [0.4, 0.5) is 9.59 Å². The van der Waals surface area contributed by atoms with Crippen molar-refractivity contribution < 1.29 is 19.1 Å². The molecule has 0 bridgehead atoms. The lowest BCUT2D eigenvalue weighted by molar-refractivity contribution is 0.142. The van der Waals surface area contributed by atoms with E-state index in [1.807, 2.05) is 27.7 Å². The predicted octanol–water partition coefficient (Wildman–Crippen LogP) is 1.65. The maximum Gasteiger partial charge on any atom is 0.407 e. The van der Waals surface area contributed by atoms with Gasteiger partial charge in [-0.3, -0.25) is 0 Å². The van der Waals surface area contributed by atoms with Gasteiger partial charge in [-0.15, -0.1) is 0 Å². The minimum Gasteiger partial charge on any atom is -0.453 e. The molecule has 0 aromatic heterocycles. The zero-order chi connectivity index (χ0) is 13.7. The van der Waals surface area contributed by atoms with Gasteiger partial charge in [0.2, 0.25) is 0 Å². The quantitative estimate of drug-likeness (QED) is 0.790. The number of methoxy groups -OCH3 is 2. The first kappa shape index (κ1) is 15.5. The van der Waals surface area contributed by atoms with E-state index in [1.54, 1.807) is 0 Å². The molecule has 0 saturated carbocycles. The number of carbonyl (C=O) groups is 2. The summed E-state index contributed by atoms with van der Waals surface area (Å²) in [7, 11) is 2.62. The van der Waals surface area contributed by atoms with Crippen LogP contribution in [-0.2, 0) is 9.47 Å². The summed E-state index contributed by atoms with van der Waals surface area (Å²) in [6, 6.07) is 0. The Morgan fingerprint density at radius 2 is 1.18 bits per heavy atom. The van der Waals surface area contributed by atoms with Crippen molar-refractivity contribution in [3.8, 4) is 0 Å². The van der Waals surface area contributed by atoms with E-state index in [4.69, 9.17) is 0 Å². The van der Waals surface area contributed by atoms with Crippen LogP contribution in [-0.4, -0.2) is 37.5 Å². The number of alkyl carbamates (subject to hydrolysis) is 2. The van der Waals surface area contributed by atoms with Gasteiger partial charge in [0.15, 0.2) is 0 Å². The summed E-state index contributed by atoms with van der Waals surface area (Å²) in [4.78, 5) is 22.3. The monoisotopic (exact) mass is 246 g/mol. The Bertz CT molecular complexity index is 259. The van der Waals surface area contributed by atoms with Crippen LogP contribution in [0.25, 0.3) is 0 Å². The van der Waals surface area contributed by atoms with E-state index >= 15 is 0 Å². The zero-order valence-electron chi connectivity index (χ0n) is 11.3. The number of hydrogen-bond donors (Lipinski definition) is 2.